The Bertz CT molecular complexity index is 1420. The summed E-state index contributed by atoms with van der Waals surface area (Å²) in [4.78, 5) is 18.3. The molecular formula is C32H31F3N2OS. The number of alkyl halides is 3. The third kappa shape index (κ3) is 5.48. The number of carbonyl (C=O) groups is 1. The van der Waals surface area contributed by atoms with Gasteiger partial charge in [0.15, 0.2) is 0 Å². The summed E-state index contributed by atoms with van der Waals surface area (Å²) in [7, 11) is 0. The molecule has 0 spiro atoms. The first-order chi connectivity index (χ1) is 18.9. The van der Waals surface area contributed by atoms with Crippen LogP contribution in [0.5, 0.6) is 0 Å². The predicted molar refractivity (Wildman–Crippen MR) is 150 cm³/mol. The monoisotopic (exact) mass is 548 g/mol. The number of rotatable bonds is 5. The summed E-state index contributed by atoms with van der Waals surface area (Å²) in [6.07, 6.45) is -2.44. The predicted octanol–water partition coefficient (Wildman–Crippen LogP) is 7.66. The molecule has 39 heavy (non-hydrogen) atoms. The maximum atomic E-state index is 13.7. The minimum absolute atomic E-state index is 0.0931. The van der Waals surface area contributed by atoms with E-state index in [0.29, 0.717) is 18.4 Å². The Morgan fingerprint density at radius 3 is 2.33 bits per heavy atom. The van der Waals surface area contributed by atoms with Gasteiger partial charge in [-0.2, -0.15) is 24.5 Å². The first-order valence-electron chi connectivity index (χ1n) is 13.6. The molecule has 0 N–H and O–H groups in total. The zero-order valence-electron chi connectivity index (χ0n) is 21.6. The lowest BCUT2D eigenvalue weighted by Gasteiger charge is -2.34. The third-order valence-corrected chi connectivity index (χ3v) is 9.21. The number of nitrogens with zero attached hydrogens (tertiary/aromatic N) is 2. The number of hydrogen-bond donors (Lipinski definition) is 0. The molecule has 1 aromatic heterocycles. The molecule has 2 aliphatic heterocycles. The van der Waals surface area contributed by atoms with Crippen molar-refractivity contribution in [2.24, 2.45) is 5.92 Å². The van der Waals surface area contributed by atoms with E-state index in [1.165, 1.54) is 17.7 Å². The summed E-state index contributed by atoms with van der Waals surface area (Å²) in [5.74, 6) is 1.00. The average molecular weight is 549 g/mol. The van der Waals surface area contributed by atoms with Crippen LogP contribution in [0.15, 0.2) is 83.6 Å². The molecule has 3 aromatic carbocycles. The van der Waals surface area contributed by atoms with Crippen LogP contribution in [0.2, 0.25) is 0 Å². The Kier molecular flexibility index (Phi) is 7.21. The molecule has 7 heteroatoms. The van der Waals surface area contributed by atoms with Crippen LogP contribution < -0.4 is 0 Å². The zero-order valence-corrected chi connectivity index (χ0v) is 22.4. The fourth-order valence-electron chi connectivity index (χ4n) is 6.39. The number of amides is 1. The molecule has 0 radical (unpaired) electrons. The fourth-order valence-corrected chi connectivity index (χ4v) is 7.12. The second-order valence-electron chi connectivity index (χ2n) is 10.9. The normalized spacial score (nSPS) is 21.1. The van der Waals surface area contributed by atoms with Crippen molar-refractivity contribution in [2.75, 3.05) is 32.7 Å². The molecule has 0 unspecified atom stereocenters. The number of fused-ring (bicyclic) bond motifs is 1. The lowest BCUT2D eigenvalue weighted by molar-refractivity contribution is -0.137. The van der Waals surface area contributed by atoms with Gasteiger partial charge in [-0.1, -0.05) is 48.5 Å². The molecule has 4 aromatic rings. The van der Waals surface area contributed by atoms with Crippen molar-refractivity contribution in [3.63, 3.8) is 0 Å². The van der Waals surface area contributed by atoms with Gasteiger partial charge in [-0.15, -0.1) is 0 Å². The molecule has 2 aliphatic rings. The van der Waals surface area contributed by atoms with Crippen molar-refractivity contribution in [1.82, 2.24) is 9.80 Å². The van der Waals surface area contributed by atoms with E-state index in [2.05, 4.69) is 21.7 Å². The van der Waals surface area contributed by atoms with E-state index >= 15 is 0 Å². The van der Waals surface area contributed by atoms with Gasteiger partial charge in [-0.25, -0.2) is 0 Å². The highest BCUT2D eigenvalue weighted by molar-refractivity contribution is 7.08. The van der Waals surface area contributed by atoms with Gasteiger partial charge in [0.2, 0.25) is 0 Å². The van der Waals surface area contributed by atoms with E-state index in [9.17, 15) is 18.0 Å². The highest BCUT2D eigenvalue weighted by Gasteiger charge is 2.38. The van der Waals surface area contributed by atoms with Crippen LogP contribution in [0.25, 0.3) is 10.8 Å². The van der Waals surface area contributed by atoms with Crippen molar-refractivity contribution in [3.05, 3.63) is 106 Å². The van der Waals surface area contributed by atoms with E-state index in [-0.39, 0.29) is 11.8 Å². The molecule has 0 saturated carbocycles. The Balaban J connectivity index is 1.14. The van der Waals surface area contributed by atoms with E-state index < -0.39 is 11.7 Å². The molecule has 2 fully saturated rings. The number of thiophene rings is 1. The molecule has 3 heterocycles. The van der Waals surface area contributed by atoms with Crippen LogP contribution in [-0.4, -0.2) is 48.4 Å². The minimum Gasteiger partial charge on any atom is -0.338 e. The van der Waals surface area contributed by atoms with Crippen molar-refractivity contribution >= 4 is 28.0 Å². The van der Waals surface area contributed by atoms with Crippen LogP contribution in [0.4, 0.5) is 13.2 Å². The number of piperidine rings is 1. The Hall–Kier alpha value is -3.16. The smallest absolute Gasteiger partial charge is 0.338 e. The number of carbonyl (C=O) groups excluding carboxylic acids is 1. The van der Waals surface area contributed by atoms with Gasteiger partial charge < -0.3 is 9.80 Å². The summed E-state index contributed by atoms with van der Waals surface area (Å²) in [6, 6.07) is 21.8. The quantitative estimate of drug-likeness (QED) is 0.256. The van der Waals surface area contributed by atoms with Crippen LogP contribution in [-0.2, 0) is 6.18 Å². The first-order valence-corrected chi connectivity index (χ1v) is 14.5. The highest BCUT2D eigenvalue weighted by Crippen LogP contribution is 2.38. The van der Waals surface area contributed by atoms with Crippen LogP contribution >= 0.6 is 11.3 Å². The second kappa shape index (κ2) is 10.8. The molecular weight excluding hydrogens is 517 g/mol. The average Bonchev–Trinajstić information content (AvgIpc) is 3.63. The van der Waals surface area contributed by atoms with Gasteiger partial charge in [-0.05, 0) is 94.7 Å². The van der Waals surface area contributed by atoms with E-state index in [1.807, 2.05) is 47.4 Å². The molecule has 202 valence electrons. The Morgan fingerprint density at radius 1 is 0.872 bits per heavy atom. The lowest BCUT2D eigenvalue weighted by Crippen LogP contribution is -2.38. The lowest BCUT2D eigenvalue weighted by atomic mass is 9.87. The molecule has 0 aliphatic carbocycles. The Labute approximate surface area is 230 Å². The first kappa shape index (κ1) is 26.1. The van der Waals surface area contributed by atoms with E-state index in [1.54, 1.807) is 23.5 Å². The summed E-state index contributed by atoms with van der Waals surface area (Å²) in [6.45, 7) is 4.18. The van der Waals surface area contributed by atoms with E-state index in [4.69, 9.17) is 0 Å². The van der Waals surface area contributed by atoms with Gasteiger partial charge in [0, 0.05) is 31.1 Å². The molecule has 0 bridgehead atoms. The summed E-state index contributed by atoms with van der Waals surface area (Å²) >= 11 is 1.70. The number of hydrogen-bond acceptors (Lipinski definition) is 3. The van der Waals surface area contributed by atoms with Gasteiger partial charge in [0.1, 0.15) is 0 Å². The largest absolute Gasteiger partial charge is 0.416 e. The molecule has 3 nitrogen and oxygen atoms in total. The molecule has 6 rings (SSSR count). The zero-order chi connectivity index (χ0) is 27.0. The molecule has 2 atom stereocenters. The highest BCUT2D eigenvalue weighted by atomic mass is 32.1. The standard InChI is InChI=1S/C32H31F3N2OS/c33-32(34,35)27-10-8-22(9-11-27)23-12-15-36(16-13-23)18-26-19-37(20-30(26)25-14-17-39-21-25)31(38)29-7-3-5-24-4-1-2-6-28(24)29/h1-11,14,17,21,23,26,30H,12-13,15-16,18-20H2/t26-,30+/m1/s1. The van der Waals surface area contributed by atoms with Crippen molar-refractivity contribution < 1.29 is 18.0 Å². The number of benzene rings is 3. The summed E-state index contributed by atoms with van der Waals surface area (Å²) in [5.41, 5.74) is 2.46. The summed E-state index contributed by atoms with van der Waals surface area (Å²) < 4.78 is 38.9. The Morgan fingerprint density at radius 2 is 1.62 bits per heavy atom. The van der Waals surface area contributed by atoms with E-state index in [0.717, 1.165) is 60.9 Å². The van der Waals surface area contributed by atoms with Crippen molar-refractivity contribution in [2.45, 2.75) is 30.9 Å². The van der Waals surface area contributed by atoms with Crippen LogP contribution in [0, 0.1) is 5.92 Å². The maximum Gasteiger partial charge on any atom is 0.416 e. The van der Waals surface area contributed by atoms with Crippen LogP contribution in [0.3, 0.4) is 0 Å². The second-order valence-corrected chi connectivity index (χ2v) is 11.6. The minimum atomic E-state index is -4.30. The van der Waals surface area contributed by atoms with Gasteiger partial charge in [0.25, 0.3) is 5.91 Å². The number of halogens is 3. The topological polar surface area (TPSA) is 23.6 Å². The van der Waals surface area contributed by atoms with Gasteiger partial charge in [-0.3, -0.25) is 4.79 Å². The molecule has 1 amide bonds. The van der Waals surface area contributed by atoms with Gasteiger partial charge in [0.05, 0.1) is 5.56 Å². The van der Waals surface area contributed by atoms with Crippen molar-refractivity contribution in [3.8, 4) is 0 Å². The van der Waals surface area contributed by atoms with Gasteiger partial charge >= 0.3 is 6.18 Å². The fraction of sp³-hybridized carbons (Fsp3) is 0.344. The third-order valence-electron chi connectivity index (χ3n) is 8.51. The van der Waals surface area contributed by atoms with Crippen molar-refractivity contribution in [1.29, 1.82) is 0 Å². The van der Waals surface area contributed by atoms with Crippen LogP contribution in [0.1, 0.15) is 51.7 Å². The SMILES string of the molecule is O=C(c1cccc2ccccc12)N1C[C@@H](CN2CCC(c3ccc(C(F)(F)F)cc3)CC2)[C@H](c2ccsc2)C1. The summed E-state index contributed by atoms with van der Waals surface area (Å²) in [5, 5.41) is 6.38. The maximum absolute atomic E-state index is 13.7. The molecule has 2 saturated heterocycles. The number of likely N-dealkylation sites (tertiary alicyclic amines) is 2.